The predicted molar refractivity (Wildman–Crippen MR) is 85.8 cm³/mol. The molecule has 24 heavy (non-hydrogen) atoms. The van der Waals surface area contributed by atoms with E-state index in [0.717, 1.165) is 24.8 Å². The topological polar surface area (TPSA) is 72.8 Å². The molecule has 2 aliphatic heterocycles. The molecule has 4 rings (SSSR count). The third kappa shape index (κ3) is 1.91. The first-order valence-electron chi connectivity index (χ1n) is 9.06. The minimum atomic E-state index is -0.442. The Kier molecular flexibility index (Phi) is 3.41. The number of hydrogen-bond acceptors (Lipinski definition) is 5. The maximum Gasteiger partial charge on any atom is 0.331 e. The standard InChI is InChI=1S/C19H26O5/c1-10(9-20)15-11-7-13-16-18(2,12(11)8-14(21)24-15)5-4-6-19(16,3)17(22)23-13/h8,10-11,13,15-16,20H,4-7,9H2,1-3H3/t10?,11?,13?,15?,16?,18-,19+/m1/s1. The molecule has 3 fully saturated rings. The monoisotopic (exact) mass is 334 g/mol. The zero-order valence-corrected chi connectivity index (χ0v) is 14.6. The van der Waals surface area contributed by atoms with E-state index >= 15 is 0 Å². The minimum Gasteiger partial charge on any atom is -0.462 e. The Balaban J connectivity index is 1.81. The highest BCUT2D eigenvalue weighted by Crippen LogP contribution is 2.66. The zero-order chi connectivity index (χ0) is 17.3. The van der Waals surface area contributed by atoms with Crippen molar-refractivity contribution in [3.05, 3.63) is 11.6 Å². The summed E-state index contributed by atoms with van der Waals surface area (Å²) in [6.07, 6.45) is 4.70. The lowest BCUT2D eigenvalue weighted by molar-refractivity contribution is -0.157. The smallest absolute Gasteiger partial charge is 0.331 e. The Bertz CT molecular complexity index is 625. The number of fused-ring (bicyclic) bond motifs is 2. The van der Waals surface area contributed by atoms with Crippen LogP contribution >= 0.6 is 0 Å². The number of cyclic esters (lactones) is 1. The van der Waals surface area contributed by atoms with Crippen LogP contribution in [-0.4, -0.2) is 35.9 Å². The van der Waals surface area contributed by atoms with Gasteiger partial charge in [-0.15, -0.1) is 0 Å². The maximum absolute atomic E-state index is 12.6. The summed E-state index contributed by atoms with van der Waals surface area (Å²) in [5, 5.41) is 9.58. The van der Waals surface area contributed by atoms with Crippen LogP contribution in [0, 0.1) is 28.6 Å². The first-order valence-corrected chi connectivity index (χ1v) is 9.06. The van der Waals surface area contributed by atoms with E-state index in [1.165, 1.54) is 0 Å². The number of esters is 2. The molecule has 0 bridgehead atoms. The number of aliphatic hydroxyl groups excluding tert-OH is 1. The normalized spacial score (nSPS) is 47.9. The van der Waals surface area contributed by atoms with E-state index in [9.17, 15) is 14.7 Å². The third-order valence-electron chi connectivity index (χ3n) is 7.18. The fraction of sp³-hybridized carbons (Fsp3) is 0.789. The van der Waals surface area contributed by atoms with Gasteiger partial charge < -0.3 is 14.6 Å². The number of aliphatic hydroxyl groups is 1. The van der Waals surface area contributed by atoms with Crippen molar-refractivity contribution in [2.75, 3.05) is 6.61 Å². The van der Waals surface area contributed by atoms with Gasteiger partial charge in [0.2, 0.25) is 0 Å². The first kappa shape index (κ1) is 16.1. The summed E-state index contributed by atoms with van der Waals surface area (Å²) in [4.78, 5) is 24.8. The van der Waals surface area contributed by atoms with Crippen LogP contribution in [0.25, 0.3) is 0 Å². The average Bonchev–Trinajstić information content (AvgIpc) is 2.79. The molecule has 2 aliphatic carbocycles. The molecule has 1 saturated heterocycles. The molecule has 1 N–H and O–H groups in total. The molecule has 2 heterocycles. The second-order valence-corrected chi connectivity index (χ2v) is 8.61. The number of hydrogen-bond donors (Lipinski definition) is 1. The van der Waals surface area contributed by atoms with E-state index in [1.54, 1.807) is 6.08 Å². The van der Waals surface area contributed by atoms with E-state index in [4.69, 9.17) is 9.47 Å². The fourth-order valence-corrected chi connectivity index (χ4v) is 6.11. The van der Waals surface area contributed by atoms with Crippen molar-refractivity contribution >= 4 is 11.9 Å². The van der Waals surface area contributed by atoms with Crippen molar-refractivity contribution in [1.29, 1.82) is 0 Å². The minimum absolute atomic E-state index is 0.0238. The van der Waals surface area contributed by atoms with Gasteiger partial charge in [0.1, 0.15) is 12.2 Å². The van der Waals surface area contributed by atoms with E-state index in [2.05, 4.69) is 6.92 Å². The highest BCUT2D eigenvalue weighted by molar-refractivity contribution is 5.85. The number of carbonyl (C=O) groups is 2. The highest BCUT2D eigenvalue weighted by Gasteiger charge is 2.67. The van der Waals surface area contributed by atoms with E-state index in [0.29, 0.717) is 6.42 Å². The summed E-state index contributed by atoms with van der Waals surface area (Å²) in [6.45, 7) is 6.11. The summed E-state index contributed by atoms with van der Waals surface area (Å²) >= 11 is 0. The average molecular weight is 334 g/mol. The van der Waals surface area contributed by atoms with Crippen LogP contribution in [0.5, 0.6) is 0 Å². The number of carbonyl (C=O) groups excluding carboxylic acids is 2. The Hall–Kier alpha value is -1.36. The molecule has 5 heteroatoms. The van der Waals surface area contributed by atoms with Gasteiger partial charge in [-0.1, -0.05) is 20.3 Å². The van der Waals surface area contributed by atoms with Gasteiger partial charge in [-0.2, -0.15) is 0 Å². The molecular weight excluding hydrogens is 308 g/mol. The largest absolute Gasteiger partial charge is 0.462 e. The molecule has 4 aliphatic rings. The van der Waals surface area contributed by atoms with Crippen molar-refractivity contribution in [2.24, 2.45) is 28.6 Å². The van der Waals surface area contributed by atoms with Crippen molar-refractivity contribution in [1.82, 2.24) is 0 Å². The molecule has 2 saturated carbocycles. The highest BCUT2D eigenvalue weighted by atomic mass is 16.6. The van der Waals surface area contributed by atoms with Crippen LogP contribution in [0.2, 0.25) is 0 Å². The van der Waals surface area contributed by atoms with Crippen molar-refractivity contribution in [3.63, 3.8) is 0 Å². The Labute approximate surface area is 142 Å². The van der Waals surface area contributed by atoms with Crippen LogP contribution in [0.1, 0.15) is 46.5 Å². The van der Waals surface area contributed by atoms with Gasteiger partial charge in [-0.05, 0) is 37.2 Å². The Morgan fingerprint density at radius 3 is 2.67 bits per heavy atom. The molecule has 7 atom stereocenters. The molecule has 5 nitrogen and oxygen atoms in total. The Morgan fingerprint density at radius 2 is 1.96 bits per heavy atom. The molecule has 0 aromatic carbocycles. The van der Waals surface area contributed by atoms with Crippen LogP contribution in [0.3, 0.4) is 0 Å². The molecule has 0 spiro atoms. The van der Waals surface area contributed by atoms with Gasteiger partial charge in [-0.25, -0.2) is 4.79 Å². The van der Waals surface area contributed by atoms with Gasteiger partial charge in [0.05, 0.1) is 5.41 Å². The van der Waals surface area contributed by atoms with Crippen molar-refractivity contribution in [3.8, 4) is 0 Å². The van der Waals surface area contributed by atoms with Gasteiger partial charge in [0.15, 0.2) is 0 Å². The second kappa shape index (κ2) is 5.07. The van der Waals surface area contributed by atoms with Crippen molar-refractivity contribution < 1.29 is 24.2 Å². The van der Waals surface area contributed by atoms with Crippen LogP contribution in [-0.2, 0) is 19.1 Å². The van der Waals surface area contributed by atoms with E-state index < -0.39 is 5.41 Å². The summed E-state index contributed by atoms with van der Waals surface area (Å²) in [6, 6.07) is 0. The lowest BCUT2D eigenvalue weighted by atomic mass is 9.47. The molecule has 0 aromatic rings. The Morgan fingerprint density at radius 1 is 1.25 bits per heavy atom. The molecule has 0 radical (unpaired) electrons. The van der Waals surface area contributed by atoms with Crippen LogP contribution in [0.4, 0.5) is 0 Å². The lowest BCUT2D eigenvalue weighted by Crippen LogP contribution is -2.56. The molecular formula is C19H26O5. The predicted octanol–water partition coefficient (Wildman–Crippen LogP) is 2.22. The van der Waals surface area contributed by atoms with Gasteiger partial charge in [0.25, 0.3) is 0 Å². The quantitative estimate of drug-likeness (QED) is 0.784. The summed E-state index contributed by atoms with van der Waals surface area (Å²) in [7, 11) is 0. The van der Waals surface area contributed by atoms with Gasteiger partial charge in [0, 0.05) is 30.4 Å². The summed E-state index contributed by atoms with van der Waals surface area (Å²) in [5.74, 6) is -0.366. The number of rotatable bonds is 2. The summed E-state index contributed by atoms with van der Waals surface area (Å²) in [5.41, 5.74) is 0.470. The van der Waals surface area contributed by atoms with Crippen molar-refractivity contribution in [2.45, 2.75) is 58.7 Å². The molecule has 0 aromatic heterocycles. The van der Waals surface area contributed by atoms with Gasteiger partial charge >= 0.3 is 11.9 Å². The molecule has 0 amide bonds. The zero-order valence-electron chi connectivity index (χ0n) is 14.6. The SMILES string of the molecule is CC(CO)C1OC(=O)C=C2C1CC1OC(=O)[C@@]3(C)CCC[C@@]2(C)C13. The molecule has 5 unspecified atom stereocenters. The van der Waals surface area contributed by atoms with Crippen LogP contribution in [0.15, 0.2) is 11.6 Å². The lowest BCUT2D eigenvalue weighted by Gasteiger charge is -2.56. The van der Waals surface area contributed by atoms with Gasteiger partial charge in [-0.3, -0.25) is 4.79 Å². The first-order chi connectivity index (χ1) is 11.3. The van der Waals surface area contributed by atoms with E-state index in [-0.39, 0.29) is 53.9 Å². The molecule has 132 valence electrons. The number of ether oxygens (including phenoxy) is 2. The van der Waals surface area contributed by atoms with Crippen LogP contribution < -0.4 is 0 Å². The fourth-order valence-electron chi connectivity index (χ4n) is 6.11. The third-order valence-corrected chi connectivity index (χ3v) is 7.18. The summed E-state index contributed by atoms with van der Waals surface area (Å²) < 4.78 is 11.4. The second-order valence-electron chi connectivity index (χ2n) is 8.61. The van der Waals surface area contributed by atoms with E-state index in [1.807, 2.05) is 13.8 Å². The maximum atomic E-state index is 12.6.